The molecule has 19 heavy (non-hydrogen) atoms. The molecule has 1 aromatic rings. The number of nitrogens with two attached hydrogens (primary N) is 1. The maximum absolute atomic E-state index is 11.0. The summed E-state index contributed by atoms with van der Waals surface area (Å²) in [6.07, 6.45) is 0.174. The van der Waals surface area contributed by atoms with Crippen LogP contribution in [0.1, 0.15) is 19.8 Å². The van der Waals surface area contributed by atoms with Crippen molar-refractivity contribution in [1.82, 2.24) is 5.43 Å². The lowest BCUT2D eigenvalue weighted by Crippen LogP contribution is -2.30. The summed E-state index contributed by atoms with van der Waals surface area (Å²) in [5.74, 6) is 4.71. The van der Waals surface area contributed by atoms with Crippen LogP contribution >= 0.6 is 11.6 Å². The first-order valence-electron chi connectivity index (χ1n) is 5.54. The van der Waals surface area contributed by atoms with Crippen LogP contribution in [0.5, 0.6) is 5.75 Å². The van der Waals surface area contributed by atoms with Crippen LogP contribution in [0.2, 0.25) is 5.02 Å². The molecule has 0 aliphatic rings. The summed E-state index contributed by atoms with van der Waals surface area (Å²) in [6, 6.07) is 4.06. The fraction of sp³-hybridized carbons (Fsp3) is 0.364. The maximum Gasteiger partial charge on any atom is 0.311 e. The second-order valence-corrected chi connectivity index (χ2v) is 4.34. The summed E-state index contributed by atoms with van der Waals surface area (Å²) in [5.41, 5.74) is 1.83. The first-order valence-corrected chi connectivity index (χ1v) is 5.92. The Kier molecular flexibility index (Phi) is 5.53. The third-order valence-electron chi connectivity index (χ3n) is 2.39. The van der Waals surface area contributed by atoms with Crippen LogP contribution in [0, 0.1) is 10.1 Å². The summed E-state index contributed by atoms with van der Waals surface area (Å²) in [5, 5.41) is 11.2. The molecular formula is C11H14ClN3O4. The van der Waals surface area contributed by atoms with Gasteiger partial charge in [-0.1, -0.05) is 11.6 Å². The molecule has 0 fully saturated rings. The van der Waals surface area contributed by atoms with Gasteiger partial charge in [0.05, 0.1) is 11.0 Å². The number of ether oxygens (including phenoxy) is 1. The Hall–Kier alpha value is -1.86. The minimum atomic E-state index is -0.551. The Bertz CT molecular complexity index is 481. The van der Waals surface area contributed by atoms with Crippen LogP contribution < -0.4 is 16.0 Å². The predicted octanol–water partition coefficient (Wildman–Crippen LogP) is 1.79. The van der Waals surface area contributed by atoms with E-state index >= 15 is 0 Å². The topological polar surface area (TPSA) is 107 Å². The van der Waals surface area contributed by atoms with Crippen molar-refractivity contribution in [1.29, 1.82) is 0 Å². The van der Waals surface area contributed by atoms with Gasteiger partial charge in [0.25, 0.3) is 0 Å². The molecule has 8 heteroatoms. The fourth-order valence-electron chi connectivity index (χ4n) is 1.42. The predicted molar refractivity (Wildman–Crippen MR) is 69.8 cm³/mol. The molecule has 1 unspecified atom stereocenters. The van der Waals surface area contributed by atoms with Gasteiger partial charge in [-0.05, 0) is 19.4 Å². The number of carbonyl (C=O) groups is 1. The van der Waals surface area contributed by atoms with Gasteiger partial charge in [-0.3, -0.25) is 20.3 Å². The molecule has 0 radical (unpaired) electrons. The van der Waals surface area contributed by atoms with E-state index in [1.807, 2.05) is 5.43 Å². The van der Waals surface area contributed by atoms with Gasteiger partial charge in [-0.25, -0.2) is 5.84 Å². The van der Waals surface area contributed by atoms with Gasteiger partial charge in [0, 0.05) is 23.6 Å². The van der Waals surface area contributed by atoms with E-state index in [0.717, 1.165) is 0 Å². The van der Waals surface area contributed by atoms with Crippen molar-refractivity contribution in [3.8, 4) is 5.75 Å². The summed E-state index contributed by atoms with van der Waals surface area (Å²) in [4.78, 5) is 21.3. The number of hydrogen-bond acceptors (Lipinski definition) is 5. The number of hydrazine groups is 1. The van der Waals surface area contributed by atoms with E-state index in [4.69, 9.17) is 22.2 Å². The Balaban J connectivity index is 2.72. The highest BCUT2D eigenvalue weighted by atomic mass is 35.5. The largest absolute Gasteiger partial charge is 0.484 e. The maximum atomic E-state index is 11.0. The smallest absolute Gasteiger partial charge is 0.311 e. The monoisotopic (exact) mass is 287 g/mol. The molecule has 0 bridgehead atoms. The van der Waals surface area contributed by atoms with E-state index in [1.165, 1.54) is 18.2 Å². The highest BCUT2D eigenvalue weighted by Gasteiger charge is 2.18. The molecule has 0 heterocycles. The number of benzene rings is 1. The molecule has 0 saturated carbocycles. The lowest BCUT2D eigenvalue weighted by molar-refractivity contribution is -0.386. The van der Waals surface area contributed by atoms with Crippen molar-refractivity contribution >= 4 is 23.2 Å². The fourth-order valence-corrected chi connectivity index (χ4v) is 1.58. The first kappa shape index (κ1) is 15.2. The highest BCUT2D eigenvalue weighted by Crippen LogP contribution is 2.31. The van der Waals surface area contributed by atoms with Crippen molar-refractivity contribution < 1.29 is 14.5 Å². The third kappa shape index (κ3) is 4.72. The molecule has 0 saturated heterocycles. The van der Waals surface area contributed by atoms with Gasteiger partial charge in [-0.2, -0.15) is 0 Å². The normalized spacial score (nSPS) is 11.7. The average Bonchev–Trinajstić information content (AvgIpc) is 2.35. The van der Waals surface area contributed by atoms with Crippen molar-refractivity contribution in [3.05, 3.63) is 33.3 Å². The average molecular weight is 288 g/mol. The number of amides is 1. The zero-order valence-electron chi connectivity index (χ0n) is 10.3. The molecule has 7 nitrogen and oxygen atoms in total. The molecule has 1 amide bonds. The molecule has 1 atom stereocenters. The van der Waals surface area contributed by atoms with Crippen LogP contribution in [-0.2, 0) is 4.79 Å². The zero-order chi connectivity index (χ0) is 14.4. The number of nitrogens with zero attached hydrogens (tertiary/aromatic N) is 1. The molecule has 0 aliphatic heterocycles. The molecule has 1 rings (SSSR count). The second-order valence-electron chi connectivity index (χ2n) is 3.90. The van der Waals surface area contributed by atoms with E-state index in [0.29, 0.717) is 11.4 Å². The van der Waals surface area contributed by atoms with E-state index in [-0.39, 0.29) is 29.9 Å². The van der Waals surface area contributed by atoms with Crippen molar-refractivity contribution in [2.45, 2.75) is 25.9 Å². The lowest BCUT2D eigenvalue weighted by Gasteiger charge is -2.14. The lowest BCUT2D eigenvalue weighted by atomic mass is 10.2. The molecule has 0 aliphatic carbocycles. The number of rotatable bonds is 6. The molecule has 0 spiro atoms. The summed E-state index contributed by atoms with van der Waals surface area (Å²) >= 11 is 5.77. The minimum Gasteiger partial charge on any atom is -0.484 e. The number of hydrogen-bond donors (Lipinski definition) is 2. The van der Waals surface area contributed by atoms with Gasteiger partial charge in [0.2, 0.25) is 5.91 Å². The third-order valence-corrected chi connectivity index (χ3v) is 2.62. The van der Waals surface area contributed by atoms with E-state index in [9.17, 15) is 14.9 Å². The molecule has 0 aromatic heterocycles. The highest BCUT2D eigenvalue weighted by molar-refractivity contribution is 6.30. The van der Waals surface area contributed by atoms with Crippen molar-refractivity contribution in [3.63, 3.8) is 0 Å². The Morgan fingerprint density at radius 3 is 2.89 bits per heavy atom. The van der Waals surface area contributed by atoms with Crippen LogP contribution in [0.25, 0.3) is 0 Å². The van der Waals surface area contributed by atoms with Crippen LogP contribution in [0.15, 0.2) is 18.2 Å². The number of nitro groups is 1. The second kappa shape index (κ2) is 6.91. The molecule has 1 aromatic carbocycles. The SMILES string of the molecule is CC(CCC(=O)NN)Oc1cc(Cl)ccc1[N+](=O)[O-]. The summed E-state index contributed by atoms with van der Waals surface area (Å²) in [6.45, 7) is 1.70. The standard InChI is InChI=1S/C11H14ClN3O4/c1-7(2-5-11(16)14-13)19-10-6-8(12)3-4-9(10)15(17)18/h3-4,6-7H,2,5,13H2,1H3,(H,14,16). The number of carbonyl (C=O) groups excluding carboxylic acids is 1. The number of nitrogens with one attached hydrogen (secondary N) is 1. The number of nitro benzene ring substituents is 1. The van der Waals surface area contributed by atoms with Crippen LogP contribution in [-0.4, -0.2) is 16.9 Å². The van der Waals surface area contributed by atoms with Gasteiger partial charge < -0.3 is 4.74 Å². The Labute approximate surface area is 114 Å². The van der Waals surface area contributed by atoms with Gasteiger partial charge >= 0.3 is 5.69 Å². The number of halogens is 1. The van der Waals surface area contributed by atoms with Gasteiger partial charge in [0.15, 0.2) is 5.75 Å². The van der Waals surface area contributed by atoms with Crippen LogP contribution in [0.4, 0.5) is 5.69 Å². The first-order chi connectivity index (χ1) is 8.93. The van der Waals surface area contributed by atoms with Crippen molar-refractivity contribution in [2.24, 2.45) is 5.84 Å². The minimum absolute atomic E-state index is 0.0816. The zero-order valence-corrected chi connectivity index (χ0v) is 11.0. The van der Waals surface area contributed by atoms with E-state index in [2.05, 4.69) is 0 Å². The Morgan fingerprint density at radius 1 is 1.63 bits per heavy atom. The van der Waals surface area contributed by atoms with Crippen molar-refractivity contribution in [2.75, 3.05) is 0 Å². The summed E-state index contributed by atoms with van der Waals surface area (Å²) < 4.78 is 5.44. The Morgan fingerprint density at radius 2 is 2.32 bits per heavy atom. The molecule has 3 N–H and O–H groups in total. The van der Waals surface area contributed by atoms with E-state index < -0.39 is 4.92 Å². The summed E-state index contributed by atoms with van der Waals surface area (Å²) in [7, 11) is 0. The quantitative estimate of drug-likeness (QED) is 0.359. The molecule has 104 valence electrons. The van der Waals surface area contributed by atoms with Crippen LogP contribution in [0.3, 0.4) is 0 Å². The van der Waals surface area contributed by atoms with Gasteiger partial charge in [0.1, 0.15) is 0 Å². The van der Waals surface area contributed by atoms with Gasteiger partial charge in [-0.15, -0.1) is 0 Å². The van der Waals surface area contributed by atoms with E-state index in [1.54, 1.807) is 6.92 Å². The molecular weight excluding hydrogens is 274 g/mol.